The van der Waals surface area contributed by atoms with Gasteiger partial charge in [0.2, 0.25) is 0 Å². The van der Waals surface area contributed by atoms with Gasteiger partial charge in [-0.2, -0.15) is 0 Å². The second kappa shape index (κ2) is 5.46. The van der Waals surface area contributed by atoms with Crippen LogP contribution in [0.4, 0.5) is 4.69 Å². The Balaban J connectivity index is 2.23. The van der Waals surface area contributed by atoms with Gasteiger partial charge in [-0.25, -0.2) is 0 Å². The first-order valence-corrected chi connectivity index (χ1v) is 7.60. The van der Waals surface area contributed by atoms with Crippen molar-refractivity contribution in [2.75, 3.05) is 5.32 Å². The molecule has 19 heavy (non-hydrogen) atoms. The van der Waals surface area contributed by atoms with Crippen LogP contribution in [-0.2, 0) is 4.79 Å². The molecule has 1 aromatic heterocycles. The third-order valence-electron chi connectivity index (χ3n) is 2.52. The van der Waals surface area contributed by atoms with E-state index in [9.17, 15) is 15.0 Å². The summed E-state index contributed by atoms with van der Waals surface area (Å²) in [5, 5.41) is 21.8. The Labute approximate surface area is 116 Å². The zero-order chi connectivity index (χ0) is 14.0. The van der Waals surface area contributed by atoms with Crippen molar-refractivity contribution in [1.29, 1.82) is 0 Å². The first-order valence-electron chi connectivity index (χ1n) is 5.76. The third-order valence-corrected chi connectivity index (χ3v) is 4.11. The molecule has 3 N–H and O–H groups in total. The molecule has 0 radical (unpaired) electrons. The number of aromatic nitrogens is 1. The molecular weight excluding hydrogens is 311 g/mol. The summed E-state index contributed by atoms with van der Waals surface area (Å²) in [7, 11) is 0. The van der Waals surface area contributed by atoms with E-state index in [0.717, 1.165) is 0 Å². The zero-order valence-corrected chi connectivity index (χ0v) is 12.3. The molecule has 0 spiro atoms. The Bertz CT molecular complexity index is 608. The minimum atomic E-state index is -0.0929. The van der Waals surface area contributed by atoms with Crippen molar-refractivity contribution in [3.8, 4) is 22.8 Å². The van der Waals surface area contributed by atoms with Gasteiger partial charge in [-0.15, -0.1) is 0 Å². The number of amides is 1. The minimum absolute atomic E-state index is 0.00247. The normalized spacial score (nSPS) is 10.7. The van der Waals surface area contributed by atoms with Crippen LogP contribution in [0.3, 0.4) is 0 Å². The molecule has 1 amide bonds. The van der Waals surface area contributed by atoms with E-state index in [-0.39, 0.29) is 37.8 Å². The predicted molar refractivity (Wildman–Crippen MR) is 73.4 cm³/mol. The number of carbonyl (C=O) groups excluding carboxylic acids is 1. The van der Waals surface area contributed by atoms with Gasteiger partial charge >= 0.3 is 116 Å². The predicted octanol–water partition coefficient (Wildman–Crippen LogP) is 1.81. The molecule has 0 saturated carbocycles. The molecule has 0 aliphatic rings. The number of carbonyl (C=O) groups is 1. The summed E-state index contributed by atoms with van der Waals surface area (Å²) in [4.78, 5) is 17.8. The fraction of sp³-hybridized carbons (Fsp3) is 0.231. The molecule has 100 valence electrons. The van der Waals surface area contributed by atoms with E-state index in [2.05, 4.69) is 10.3 Å². The number of benzene rings is 1. The van der Waals surface area contributed by atoms with E-state index >= 15 is 0 Å². The number of nitrogens with one attached hydrogen (secondary N) is 1. The Hall–Kier alpha value is -1.78. The van der Waals surface area contributed by atoms with Gasteiger partial charge in [-0.05, 0) is 0 Å². The van der Waals surface area contributed by atoms with Crippen LogP contribution in [0.5, 0.6) is 11.5 Å². The van der Waals surface area contributed by atoms with E-state index in [0.29, 0.717) is 15.9 Å². The molecular formula is C13H14N2O3Se. The number of phenolic OH excluding ortho intramolecular Hbond substituents is 2. The summed E-state index contributed by atoms with van der Waals surface area (Å²) >= 11 is -0.0514. The number of hydrogen-bond donors (Lipinski definition) is 3. The average molecular weight is 325 g/mol. The number of phenols is 2. The summed E-state index contributed by atoms with van der Waals surface area (Å²) in [6.07, 6.45) is 0. The van der Waals surface area contributed by atoms with Crippen LogP contribution >= 0.6 is 0 Å². The quantitative estimate of drug-likeness (QED) is 0.752. The van der Waals surface area contributed by atoms with Crippen LogP contribution < -0.4 is 5.32 Å². The van der Waals surface area contributed by atoms with Gasteiger partial charge in [0.25, 0.3) is 0 Å². The Morgan fingerprint density at radius 3 is 2.74 bits per heavy atom. The van der Waals surface area contributed by atoms with Crippen LogP contribution in [0.2, 0.25) is 0 Å². The molecule has 0 saturated heterocycles. The average Bonchev–Trinajstić information content (AvgIpc) is 2.77. The molecule has 5 nitrogen and oxygen atoms in total. The van der Waals surface area contributed by atoms with E-state index < -0.39 is 0 Å². The number of nitrogens with zero attached hydrogens (tertiary/aromatic N) is 1. The zero-order valence-electron chi connectivity index (χ0n) is 10.5. The van der Waals surface area contributed by atoms with Crippen molar-refractivity contribution in [2.24, 2.45) is 5.92 Å². The van der Waals surface area contributed by atoms with Crippen molar-refractivity contribution < 1.29 is 15.0 Å². The summed E-state index contributed by atoms with van der Waals surface area (Å²) in [6.45, 7) is 3.63. The van der Waals surface area contributed by atoms with E-state index in [1.165, 1.54) is 12.1 Å². The van der Waals surface area contributed by atoms with Crippen LogP contribution in [0.15, 0.2) is 23.1 Å². The van der Waals surface area contributed by atoms with Crippen LogP contribution in [0.25, 0.3) is 11.3 Å². The molecule has 0 bridgehead atoms. The molecule has 0 fully saturated rings. The summed E-state index contributed by atoms with van der Waals surface area (Å²) < 4.78 is 0.633. The van der Waals surface area contributed by atoms with Crippen molar-refractivity contribution in [2.45, 2.75) is 13.8 Å². The van der Waals surface area contributed by atoms with Crippen LogP contribution in [-0.4, -0.2) is 35.6 Å². The Kier molecular flexibility index (Phi) is 3.93. The van der Waals surface area contributed by atoms with Gasteiger partial charge in [0, 0.05) is 0 Å². The number of aromatic hydroxyl groups is 2. The number of hydrogen-bond acceptors (Lipinski definition) is 4. The van der Waals surface area contributed by atoms with Gasteiger partial charge in [0.1, 0.15) is 0 Å². The fourth-order valence-electron chi connectivity index (χ4n) is 1.44. The Morgan fingerprint density at radius 1 is 1.37 bits per heavy atom. The fourth-order valence-corrected chi connectivity index (χ4v) is 2.94. The molecule has 0 aliphatic heterocycles. The van der Waals surface area contributed by atoms with Gasteiger partial charge in [0.05, 0.1) is 0 Å². The molecule has 0 aliphatic carbocycles. The van der Waals surface area contributed by atoms with Crippen molar-refractivity contribution in [1.82, 2.24) is 4.98 Å². The summed E-state index contributed by atoms with van der Waals surface area (Å²) in [5.74, 6) is -0.181. The molecule has 0 atom stereocenters. The van der Waals surface area contributed by atoms with Gasteiger partial charge < -0.3 is 0 Å². The third kappa shape index (κ3) is 3.16. The van der Waals surface area contributed by atoms with Gasteiger partial charge in [-0.3, -0.25) is 0 Å². The number of rotatable bonds is 3. The number of anilines is 1. The van der Waals surface area contributed by atoms with E-state index in [4.69, 9.17) is 0 Å². The first kappa shape index (κ1) is 13.6. The standard InChI is InChI=1S/C13H14N2O3Se/c1-7(2)12(18)15-13-14-10(6-19-13)9-4-3-8(16)5-11(9)17/h3-7,16-17H,1-2H3,(H,14,15,18). The molecule has 1 heterocycles. The van der Waals surface area contributed by atoms with Crippen LogP contribution in [0, 0.1) is 5.92 Å². The summed E-state index contributed by atoms with van der Waals surface area (Å²) in [5.41, 5.74) is 1.17. The van der Waals surface area contributed by atoms with Gasteiger partial charge in [0.15, 0.2) is 0 Å². The van der Waals surface area contributed by atoms with Gasteiger partial charge in [-0.1, -0.05) is 0 Å². The SMILES string of the molecule is CC(C)C(=O)Nc1nc(-c2ccc(O)cc2O)c[se]1. The molecule has 1 aromatic carbocycles. The monoisotopic (exact) mass is 326 g/mol. The topological polar surface area (TPSA) is 82.5 Å². The van der Waals surface area contributed by atoms with Crippen molar-refractivity contribution in [3.05, 3.63) is 23.1 Å². The van der Waals surface area contributed by atoms with E-state index in [1.807, 2.05) is 18.8 Å². The molecule has 2 aromatic rings. The Morgan fingerprint density at radius 2 is 2.11 bits per heavy atom. The molecule has 0 unspecified atom stereocenters. The molecule has 6 heteroatoms. The summed E-state index contributed by atoms with van der Waals surface area (Å²) in [6, 6.07) is 4.36. The van der Waals surface area contributed by atoms with Crippen molar-refractivity contribution >= 4 is 25.1 Å². The van der Waals surface area contributed by atoms with Crippen molar-refractivity contribution in [3.63, 3.8) is 0 Å². The second-order valence-corrected chi connectivity index (χ2v) is 6.18. The maximum absolute atomic E-state index is 11.6. The maximum atomic E-state index is 11.6. The van der Waals surface area contributed by atoms with E-state index in [1.54, 1.807) is 6.07 Å². The molecule has 2 rings (SSSR count). The first-order chi connectivity index (χ1) is 8.97. The second-order valence-electron chi connectivity index (χ2n) is 4.38. The van der Waals surface area contributed by atoms with Crippen LogP contribution in [0.1, 0.15) is 13.8 Å².